The van der Waals surface area contributed by atoms with E-state index in [1.165, 1.54) is 12.1 Å². The maximum atomic E-state index is 13.2. The number of H-pyrrole nitrogens is 1. The monoisotopic (exact) mass is 553 g/mol. The maximum Gasteiger partial charge on any atom is 0.326 e. The van der Waals surface area contributed by atoms with Gasteiger partial charge in [0.05, 0.1) is 12.6 Å². The van der Waals surface area contributed by atoms with Gasteiger partial charge in [-0.3, -0.25) is 14.4 Å². The molecule has 3 aromatic rings. The molecule has 3 amide bonds. The molecule has 0 saturated heterocycles. The zero-order valence-electron chi connectivity index (χ0n) is 22.3. The van der Waals surface area contributed by atoms with E-state index in [0.29, 0.717) is 11.1 Å². The molecule has 4 atom stereocenters. The van der Waals surface area contributed by atoms with Crippen molar-refractivity contribution < 1.29 is 34.5 Å². The number of aromatic hydroxyl groups is 1. The molecular weight excluding hydrogens is 518 g/mol. The van der Waals surface area contributed by atoms with Crippen molar-refractivity contribution in [1.82, 2.24) is 20.9 Å². The van der Waals surface area contributed by atoms with Crippen LogP contribution in [-0.2, 0) is 32.0 Å². The first-order chi connectivity index (χ1) is 19.0. The number of aromatic nitrogens is 1. The first kappa shape index (κ1) is 30.1. The van der Waals surface area contributed by atoms with Crippen LogP contribution in [0.5, 0.6) is 5.75 Å². The lowest BCUT2D eigenvalue weighted by molar-refractivity contribution is -0.142. The maximum absolute atomic E-state index is 13.2. The van der Waals surface area contributed by atoms with Crippen LogP contribution in [0.2, 0.25) is 0 Å². The van der Waals surface area contributed by atoms with Crippen LogP contribution < -0.4 is 21.7 Å². The number of nitrogens with one attached hydrogen (secondary N) is 4. The molecule has 12 heteroatoms. The number of phenols is 1. The quantitative estimate of drug-likeness (QED) is 0.146. The number of amides is 3. The minimum atomic E-state index is -1.49. The van der Waals surface area contributed by atoms with Crippen molar-refractivity contribution in [3.63, 3.8) is 0 Å². The number of carbonyl (C=O) groups is 4. The van der Waals surface area contributed by atoms with Crippen LogP contribution in [-0.4, -0.2) is 74.8 Å². The molecule has 0 spiro atoms. The number of aliphatic carboxylic acids is 1. The topological polar surface area (TPSA) is 207 Å². The predicted octanol–water partition coefficient (Wildman–Crippen LogP) is 0.173. The molecule has 40 heavy (non-hydrogen) atoms. The van der Waals surface area contributed by atoms with Crippen LogP contribution in [0.3, 0.4) is 0 Å². The highest BCUT2D eigenvalue weighted by Gasteiger charge is 2.31. The van der Waals surface area contributed by atoms with E-state index in [-0.39, 0.29) is 24.5 Å². The van der Waals surface area contributed by atoms with Crippen molar-refractivity contribution in [2.75, 3.05) is 6.61 Å². The largest absolute Gasteiger partial charge is 0.508 e. The van der Waals surface area contributed by atoms with Gasteiger partial charge in [0, 0.05) is 29.9 Å². The number of carbonyl (C=O) groups excluding carboxylic acids is 3. The van der Waals surface area contributed by atoms with Crippen LogP contribution >= 0.6 is 0 Å². The average molecular weight is 554 g/mol. The van der Waals surface area contributed by atoms with Gasteiger partial charge in [-0.15, -0.1) is 0 Å². The highest BCUT2D eigenvalue weighted by Crippen LogP contribution is 2.19. The molecule has 0 saturated carbocycles. The Kier molecular flexibility index (Phi) is 10.2. The molecule has 9 N–H and O–H groups in total. The average Bonchev–Trinajstić information content (AvgIpc) is 3.33. The van der Waals surface area contributed by atoms with Crippen LogP contribution in [0.1, 0.15) is 25.0 Å². The molecular formula is C28H35N5O7. The first-order valence-corrected chi connectivity index (χ1v) is 12.8. The number of hydrogen-bond donors (Lipinski definition) is 8. The number of aromatic amines is 1. The third-order valence-electron chi connectivity index (χ3n) is 6.56. The van der Waals surface area contributed by atoms with Gasteiger partial charge in [0.2, 0.25) is 17.7 Å². The minimum absolute atomic E-state index is 0.000745. The zero-order chi connectivity index (χ0) is 29.4. The van der Waals surface area contributed by atoms with Gasteiger partial charge in [-0.1, -0.05) is 44.2 Å². The van der Waals surface area contributed by atoms with Crippen LogP contribution in [0.4, 0.5) is 0 Å². The SMILES string of the molecule is CC(C)C(N)C(=O)NC(Cc1ccc(O)cc1)C(=O)NC(CO)C(=O)NC(Cc1c[nH]c2ccccc12)C(=O)O. The standard InChI is InChI=1S/C28H35N5O7/c1-15(2)24(29)27(38)31-21(11-16-7-9-18(35)10-8-16)25(36)33-23(14-34)26(37)32-22(28(39)40)12-17-13-30-20-6-4-3-5-19(17)20/h3-10,13,15,21-24,30,34-35H,11-12,14,29H2,1-2H3,(H,31,38)(H,32,37)(H,33,36)(H,39,40). The van der Waals surface area contributed by atoms with E-state index in [1.807, 2.05) is 24.3 Å². The Morgan fingerprint density at radius 3 is 2.08 bits per heavy atom. The summed E-state index contributed by atoms with van der Waals surface area (Å²) in [5.41, 5.74) is 8.02. The lowest BCUT2D eigenvalue weighted by atomic mass is 10.0. The van der Waals surface area contributed by atoms with E-state index >= 15 is 0 Å². The minimum Gasteiger partial charge on any atom is -0.508 e. The summed E-state index contributed by atoms with van der Waals surface area (Å²) in [6.45, 7) is 2.68. The summed E-state index contributed by atoms with van der Waals surface area (Å²) in [5.74, 6) is -3.75. The van der Waals surface area contributed by atoms with Gasteiger partial charge in [-0.05, 0) is 35.2 Å². The first-order valence-electron chi connectivity index (χ1n) is 12.8. The fourth-order valence-corrected chi connectivity index (χ4v) is 4.11. The molecule has 12 nitrogen and oxygen atoms in total. The molecule has 0 aliphatic carbocycles. The summed E-state index contributed by atoms with van der Waals surface area (Å²) in [7, 11) is 0. The molecule has 0 bridgehead atoms. The summed E-state index contributed by atoms with van der Waals surface area (Å²) in [5, 5.41) is 37.4. The lowest BCUT2D eigenvalue weighted by Gasteiger charge is -2.25. The Hall–Kier alpha value is -4.42. The number of aliphatic hydroxyl groups is 1. The summed E-state index contributed by atoms with van der Waals surface area (Å²) < 4.78 is 0. The molecule has 3 rings (SSSR count). The van der Waals surface area contributed by atoms with Crippen molar-refractivity contribution in [3.05, 3.63) is 65.9 Å². The second-order valence-corrected chi connectivity index (χ2v) is 9.91. The predicted molar refractivity (Wildman–Crippen MR) is 147 cm³/mol. The number of phenolic OH excluding ortho intramolecular Hbond substituents is 1. The van der Waals surface area contributed by atoms with Gasteiger partial charge >= 0.3 is 5.97 Å². The normalized spacial score (nSPS) is 14.2. The second kappa shape index (κ2) is 13.6. The number of hydrogen-bond acceptors (Lipinski definition) is 7. The molecule has 0 radical (unpaired) electrons. The van der Waals surface area contributed by atoms with Gasteiger partial charge < -0.3 is 42.0 Å². The van der Waals surface area contributed by atoms with Gasteiger partial charge in [-0.25, -0.2) is 4.79 Å². The highest BCUT2D eigenvalue weighted by molar-refractivity contribution is 5.94. The summed E-state index contributed by atoms with van der Waals surface area (Å²) in [6, 6.07) is 8.41. The number of carboxylic acids is 1. The van der Waals surface area contributed by atoms with E-state index in [1.54, 1.807) is 32.2 Å². The molecule has 0 aliphatic heterocycles. The lowest BCUT2D eigenvalue weighted by Crippen LogP contribution is -2.59. The van der Waals surface area contributed by atoms with Crippen molar-refractivity contribution in [2.45, 2.75) is 50.9 Å². The number of nitrogens with two attached hydrogens (primary N) is 1. The molecule has 2 aromatic carbocycles. The van der Waals surface area contributed by atoms with E-state index in [4.69, 9.17) is 5.73 Å². The molecule has 0 fully saturated rings. The van der Waals surface area contributed by atoms with E-state index < -0.39 is 54.5 Å². The van der Waals surface area contributed by atoms with Gasteiger partial charge in [-0.2, -0.15) is 0 Å². The molecule has 0 aliphatic rings. The zero-order valence-corrected chi connectivity index (χ0v) is 22.3. The van der Waals surface area contributed by atoms with Gasteiger partial charge in [0.15, 0.2) is 0 Å². The number of fused-ring (bicyclic) bond motifs is 1. The van der Waals surface area contributed by atoms with Crippen molar-refractivity contribution in [3.8, 4) is 5.75 Å². The molecule has 1 heterocycles. The second-order valence-electron chi connectivity index (χ2n) is 9.91. The Morgan fingerprint density at radius 2 is 1.45 bits per heavy atom. The third kappa shape index (κ3) is 7.80. The van der Waals surface area contributed by atoms with E-state index in [0.717, 1.165) is 10.9 Å². The molecule has 1 aromatic heterocycles. The van der Waals surface area contributed by atoms with Crippen LogP contribution in [0.25, 0.3) is 10.9 Å². The fourth-order valence-electron chi connectivity index (χ4n) is 4.11. The Balaban J connectivity index is 1.73. The Morgan fingerprint density at radius 1 is 0.850 bits per heavy atom. The number of carboxylic acid groups (broad SMARTS) is 1. The fraction of sp³-hybridized carbons (Fsp3) is 0.357. The van der Waals surface area contributed by atoms with E-state index in [9.17, 15) is 34.5 Å². The summed E-state index contributed by atoms with van der Waals surface area (Å²) in [6.07, 6.45) is 1.63. The number of para-hydroxylation sites is 1. The number of benzene rings is 2. The van der Waals surface area contributed by atoms with Crippen molar-refractivity contribution in [2.24, 2.45) is 11.7 Å². The van der Waals surface area contributed by atoms with Crippen molar-refractivity contribution >= 4 is 34.6 Å². The van der Waals surface area contributed by atoms with E-state index in [2.05, 4.69) is 20.9 Å². The van der Waals surface area contributed by atoms with Crippen LogP contribution in [0.15, 0.2) is 54.7 Å². The Bertz CT molecular complexity index is 1340. The highest BCUT2D eigenvalue weighted by atomic mass is 16.4. The van der Waals surface area contributed by atoms with Crippen molar-refractivity contribution in [1.29, 1.82) is 0 Å². The number of rotatable bonds is 13. The smallest absolute Gasteiger partial charge is 0.326 e. The summed E-state index contributed by atoms with van der Waals surface area (Å²) >= 11 is 0. The Labute approximate surface area is 231 Å². The van der Waals surface area contributed by atoms with Gasteiger partial charge in [0.25, 0.3) is 0 Å². The van der Waals surface area contributed by atoms with Crippen LogP contribution in [0, 0.1) is 5.92 Å². The summed E-state index contributed by atoms with van der Waals surface area (Å²) in [4.78, 5) is 53.8. The molecule has 214 valence electrons. The number of aliphatic hydroxyl groups excluding tert-OH is 1. The molecule has 4 unspecified atom stereocenters. The van der Waals surface area contributed by atoms with Gasteiger partial charge in [0.1, 0.15) is 23.9 Å². The third-order valence-corrected chi connectivity index (χ3v) is 6.56.